The molecular weight excluding hydrogens is 374 g/mol. The molecule has 1 atom stereocenters. The molecule has 0 aromatic carbocycles. The van der Waals surface area contributed by atoms with Crippen LogP contribution in [0.1, 0.15) is 54.9 Å². The van der Waals surface area contributed by atoms with Gasteiger partial charge < -0.3 is 4.74 Å². The number of allylic oxidation sites excluding steroid dienone is 3. The fourth-order valence-electron chi connectivity index (χ4n) is 1.41. The molecule has 0 rings (SSSR count). The minimum atomic E-state index is -0.214. The van der Waals surface area contributed by atoms with Crippen molar-refractivity contribution in [3.05, 3.63) is 34.9 Å². The van der Waals surface area contributed by atoms with E-state index in [2.05, 4.69) is 48.0 Å². The van der Waals surface area contributed by atoms with Crippen LogP contribution in [-0.2, 0) is 9.53 Å². The highest BCUT2D eigenvalue weighted by molar-refractivity contribution is 9.11. The molecule has 0 fully saturated rings. The third kappa shape index (κ3) is 13.6. The maximum Gasteiger partial charge on any atom is 0.307 e. The number of ether oxygens (including phenoxy) is 1. The minimum Gasteiger partial charge on any atom is -0.466 e. The van der Waals surface area contributed by atoms with Gasteiger partial charge in [0, 0.05) is 9.23 Å². The summed E-state index contributed by atoms with van der Waals surface area (Å²) in [6.07, 6.45) is 5.96. The molecular formula is C18H32BrNO2S. The molecule has 0 aliphatic rings. The van der Waals surface area contributed by atoms with Gasteiger partial charge in [-0.05, 0) is 46.3 Å². The predicted molar refractivity (Wildman–Crippen MR) is 108 cm³/mol. The van der Waals surface area contributed by atoms with Crippen LogP contribution in [0.2, 0.25) is 0 Å². The standard InChI is InChI=1S/C16H26BrNO2S.C2H6/c1-7-12(10-13(17)8-2)14(11-15(19)20-9-3)18-21-16(4,5)6;1-2/h7-8,10,14,18H,1,9,11H2,2-6H3;1-2H3/b12-10+,13-8+;. The molecule has 0 amide bonds. The van der Waals surface area contributed by atoms with Crippen LogP contribution in [0.3, 0.4) is 0 Å². The van der Waals surface area contributed by atoms with Gasteiger partial charge in [-0.1, -0.05) is 60.5 Å². The van der Waals surface area contributed by atoms with Crippen LogP contribution in [0.5, 0.6) is 0 Å². The average molecular weight is 406 g/mol. The Kier molecular flexibility index (Phi) is 14.9. The number of carbonyl (C=O) groups excluding carboxylic acids is 1. The van der Waals surface area contributed by atoms with Crippen molar-refractivity contribution in [3.63, 3.8) is 0 Å². The van der Waals surface area contributed by atoms with Crippen molar-refractivity contribution in [2.45, 2.75) is 65.7 Å². The van der Waals surface area contributed by atoms with Crippen molar-refractivity contribution in [1.82, 2.24) is 4.72 Å². The van der Waals surface area contributed by atoms with Crippen LogP contribution in [0.15, 0.2) is 34.9 Å². The van der Waals surface area contributed by atoms with Gasteiger partial charge >= 0.3 is 5.97 Å². The second-order valence-corrected chi connectivity index (χ2v) is 8.00. The van der Waals surface area contributed by atoms with Crippen LogP contribution in [0.4, 0.5) is 0 Å². The summed E-state index contributed by atoms with van der Waals surface area (Å²) < 4.78 is 9.42. The van der Waals surface area contributed by atoms with Gasteiger partial charge in [-0.2, -0.15) is 0 Å². The number of carbonyl (C=O) groups is 1. The van der Waals surface area contributed by atoms with Crippen LogP contribution in [0, 0.1) is 0 Å². The highest BCUT2D eigenvalue weighted by Gasteiger charge is 2.21. The molecule has 0 aliphatic heterocycles. The Morgan fingerprint density at radius 3 is 2.35 bits per heavy atom. The summed E-state index contributed by atoms with van der Waals surface area (Å²) in [5.41, 5.74) is 0.949. The van der Waals surface area contributed by atoms with Crippen LogP contribution in [0.25, 0.3) is 0 Å². The van der Waals surface area contributed by atoms with E-state index in [1.54, 1.807) is 18.0 Å². The van der Waals surface area contributed by atoms with Gasteiger partial charge in [-0.25, -0.2) is 0 Å². The lowest BCUT2D eigenvalue weighted by Gasteiger charge is -2.24. The third-order valence-corrected chi connectivity index (χ3v) is 4.10. The molecule has 5 heteroatoms. The van der Waals surface area contributed by atoms with E-state index in [0.717, 1.165) is 10.1 Å². The summed E-state index contributed by atoms with van der Waals surface area (Å²) in [6.45, 7) is 18.3. The Labute approximate surface area is 155 Å². The van der Waals surface area contributed by atoms with E-state index in [1.807, 2.05) is 39.8 Å². The normalized spacial score (nSPS) is 13.7. The lowest BCUT2D eigenvalue weighted by molar-refractivity contribution is -0.143. The molecule has 1 unspecified atom stereocenters. The van der Waals surface area contributed by atoms with Crippen molar-refractivity contribution >= 4 is 33.8 Å². The Morgan fingerprint density at radius 1 is 1.39 bits per heavy atom. The van der Waals surface area contributed by atoms with Crippen molar-refractivity contribution in [3.8, 4) is 0 Å². The van der Waals surface area contributed by atoms with E-state index in [9.17, 15) is 4.79 Å². The van der Waals surface area contributed by atoms with E-state index in [1.165, 1.54) is 0 Å². The third-order valence-electron chi connectivity index (χ3n) is 2.40. The quantitative estimate of drug-likeness (QED) is 0.315. The molecule has 0 saturated carbocycles. The second kappa shape index (κ2) is 13.9. The largest absolute Gasteiger partial charge is 0.466 e. The van der Waals surface area contributed by atoms with Crippen molar-refractivity contribution in [2.24, 2.45) is 0 Å². The summed E-state index contributed by atoms with van der Waals surface area (Å²) in [5.74, 6) is -0.214. The summed E-state index contributed by atoms with van der Waals surface area (Å²) in [7, 11) is 0. The number of nitrogens with one attached hydrogen (secondary N) is 1. The van der Waals surface area contributed by atoms with E-state index in [4.69, 9.17) is 4.74 Å². The molecule has 23 heavy (non-hydrogen) atoms. The molecule has 0 bridgehead atoms. The Balaban J connectivity index is 0. The fourth-order valence-corrected chi connectivity index (χ4v) is 2.39. The van der Waals surface area contributed by atoms with Gasteiger partial charge in [-0.15, -0.1) is 0 Å². The van der Waals surface area contributed by atoms with E-state index >= 15 is 0 Å². The average Bonchev–Trinajstić information content (AvgIpc) is 2.50. The maximum atomic E-state index is 11.8. The first-order valence-electron chi connectivity index (χ1n) is 7.98. The molecule has 0 radical (unpaired) electrons. The highest BCUT2D eigenvalue weighted by Crippen LogP contribution is 2.24. The van der Waals surface area contributed by atoms with Gasteiger partial charge in [0.05, 0.1) is 19.1 Å². The van der Waals surface area contributed by atoms with Crippen molar-refractivity contribution in [1.29, 1.82) is 0 Å². The SMILES string of the molecule is C=C/C(=C\C(Br)=C/C)C(CC(=O)OCC)NSC(C)(C)C.CC. The van der Waals surface area contributed by atoms with Crippen molar-refractivity contribution in [2.75, 3.05) is 6.61 Å². The second-order valence-electron chi connectivity index (χ2n) is 5.42. The smallest absolute Gasteiger partial charge is 0.307 e. The summed E-state index contributed by atoms with van der Waals surface area (Å²) in [6, 6.07) is -0.140. The molecule has 0 spiro atoms. The predicted octanol–water partition coefficient (Wildman–Crippen LogP) is 5.78. The topological polar surface area (TPSA) is 38.3 Å². The molecule has 0 aromatic rings. The molecule has 0 saturated heterocycles. The lowest BCUT2D eigenvalue weighted by atomic mass is 10.0. The Bertz CT molecular complexity index is 412. The monoisotopic (exact) mass is 405 g/mol. The first-order valence-corrected chi connectivity index (χ1v) is 9.59. The van der Waals surface area contributed by atoms with E-state index < -0.39 is 0 Å². The number of halogens is 1. The van der Waals surface area contributed by atoms with Gasteiger partial charge in [0.25, 0.3) is 0 Å². The summed E-state index contributed by atoms with van der Waals surface area (Å²) >= 11 is 5.06. The van der Waals surface area contributed by atoms with Gasteiger partial charge in [0.2, 0.25) is 0 Å². The van der Waals surface area contributed by atoms with Crippen LogP contribution < -0.4 is 4.72 Å². The molecule has 3 nitrogen and oxygen atoms in total. The van der Waals surface area contributed by atoms with Crippen LogP contribution >= 0.6 is 27.9 Å². The number of esters is 1. The summed E-state index contributed by atoms with van der Waals surface area (Å²) in [5, 5.41) is 0. The zero-order valence-electron chi connectivity index (χ0n) is 15.5. The fraction of sp³-hybridized carbons (Fsp3) is 0.611. The first kappa shape index (κ1) is 24.7. The maximum absolute atomic E-state index is 11.8. The number of rotatable bonds is 8. The van der Waals surface area contributed by atoms with Gasteiger partial charge in [0.15, 0.2) is 0 Å². The number of hydrogen-bond acceptors (Lipinski definition) is 4. The minimum absolute atomic E-state index is 0.0526. The number of hydrogen-bond donors (Lipinski definition) is 1. The van der Waals surface area contributed by atoms with Gasteiger partial charge in [-0.3, -0.25) is 9.52 Å². The summed E-state index contributed by atoms with van der Waals surface area (Å²) in [4.78, 5) is 11.8. The highest BCUT2D eigenvalue weighted by atomic mass is 79.9. The van der Waals surface area contributed by atoms with E-state index in [0.29, 0.717) is 6.61 Å². The zero-order valence-corrected chi connectivity index (χ0v) is 17.9. The van der Waals surface area contributed by atoms with E-state index in [-0.39, 0.29) is 23.2 Å². The molecule has 134 valence electrons. The molecule has 0 aliphatic carbocycles. The van der Waals surface area contributed by atoms with Crippen LogP contribution in [-0.4, -0.2) is 23.4 Å². The first-order chi connectivity index (χ1) is 10.7. The molecule has 0 aromatic heterocycles. The molecule has 1 N–H and O–H groups in total. The Hall–Kier alpha value is -0.520. The van der Waals surface area contributed by atoms with Gasteiger partial charge in [0.1, 0.15) is 0 Å². The molecule has 0 heterocycles. The van der Waals surface area contributed by atoms with Crippen molar-refractivity contribution < 1.29 is 9.53 Å². The lowest BCUT2D eigenvalue weighted by Crippen LogP contribution is -2.32. The Morgan fingerprint density at radius 2 is 1.96 bits per heavy atom. The zero-order chi connectivity index (χ0) is 18.5.